The van der Waals surface area contributed by atoms with Gasteiger partial charge in [0.25, 0.3) is 0 Å². The van der Waals surface area contributed by atoms with E-state index in [0.717, 1.165) is 29.6 Å². The van der Waals surface area contributed by atoms with E-state index in [1.165, 1.54) is 57.8 Å². The van der Waals surface area contributed by atoms with Crippen molar-refractivity contribution in [2.24, 2.45) is 40.4 Å². The summed E-state index contributed by atoms with van der Waals surface area (Å²) in [5.41, 5.74) is 1.03. The zero-order chi connectivity index (χ0) is 16.9. The largest absolute Gasteiger partial charge is 0.365 e. The Labute approximate surface area is 149 Å². The van der Waals surface area contributed by atoms with Gasteiger partial charge in [0, 0.05) is 0 Å². The average molecular weight is 329 g/mol. The van der Waals surface area contributed by atoms with E-state index in [9.17, 15) is 0 Å². The molecule has 0 N–H and O–H groups in total. The molecule has 0 unspecified atom stereocenters. The van der Waals surface area contributed by atoms with Gasteiger partial charge >= 0.3 is 0 Å². The number of terminal acetylenes is 1. The highest BCUT2D eigenvalue weighted by Gasteiger charge is 2.60. The zero-order valence-corrected chi connectivity index (χ0v) is 16.0. The molecule has 24 heavy (non-hydrogen) atoms. The van der Waals surface area contributed by atoms with Crippen molar-refractivity contribution in [3.8, 4) is 12.3 Å². The van der Waals surface area contributed by atoms with E-state index in [-0.39, 0.29) is 0 Å². The summed E-state index contributed by atoms with van der Waals surface area (Å²) < 4.78 is 6.11. The van der Waals surface area contributed by atoms with Crippen molar-refractivity contribution >= 4 is 0 Å². The standard InChI is InChI=1S/C23H36O/c1-5-14-24-21-9-8-19-18-7-6-17-15-16(2)10-12-22(17,3)20(18)11-13-23(19,21)4/h1,16-21H,6-15H2,2-4H3/t16-,17-,18-,19-,20-,21-,22-,23-/m0/s1. The van der Waals surface area contributed by atoms with Gasteiger partial charge in [-0.25, -0.2) is 0 Å². The Bertz CT molecular complexity index is 519. The summed E-state index contributed by atoms with van der Waals surface area (Å²) in [6.45, 7) is 8.18. The van der Waals surface area contributed by atoms with E-state index in [1.807, 2.05) is 0 Å². The molecule has 0 amide bonds. The van der Waals surface area contributed by atoms with Crippen LogP contribution in [0.3, 0.4) is 0 Å². The maximum absolute atomic E-state index is 6.11. The SMILES string of the molecule is C#CCO[C@H]1CC[C@H]2[C@@H]3CC[C@H]4C[C@@H](C)CC[C@]4(C)[C@H]3CC[C@]12C. The second-order valence-corrected chi connectivity index (χ2v) is 10.2. The third-order valence-electron chi connectivity index (χ3n) is 9.21. The molecule has 0 aliphatic heterocycles. The van der Waals surface area contributed by atoms with Crippen LogP contribution in [0.4, 0.5) is 0 Å². The summed E-state index contributed by atoms with van der Waals surface area (Å²) in [6.07, 6.45) is 18.7. The van der Waals surface area contributed by atoms with Gasteiger partial charge in [-0.3, -0.25) is 0 Å². The van der Waals surface area contributed by atoms with Crippen molar-refractivity contribution < 1.29 is 4.74 Å². The Morgan fingerprint density at radius 3 is 2.50 bits per heavy atom. The van der Waals surface area contributed by atoms with Crippen molar-refractivity contribution in [2.75, 3.05) is 6.61 Å². The molecule has 0 bridgehead atoms. The molecule has 8 atom stereocenters. The maximum Gasteiger partial charge on any atom is 0.107 e. The molecule has 1 heteroatoms. The van der Waals surface area contributed by atoms with Crippen LogP contribution in [0.1, 0.15) is 78.6 Å². The van der Waals surface area contributed by atoms with Crippen LogP contribution in [-0.4, -0.2) is 12.7 Å². The Morgan fingerprint density at radius 1 is 0.958 bits per heavy atom. The summed E-state index contributed by atoms with van der Waals surface area (Å²) >= 11 is 0. The van der Waals surface area contributed by atoms with Gasteiger partial charge in [-0.2, -0.15) is 0 Å². The second kappa shape index (κ2) is 6.05. The van der Waals surface area contributed by atoms with E-state index in [1.54, 1.807) is 0 Å². The minimum Gasteiger partial charge on any atom is -0.365 e. The van der Waals surface area contributed by atoms with E-state index in [0.29, 0.717) is 23.5 Å². The Morgan fingerprint density at radius 2 is 1.71 bits per heavy atom. The predicted octanol–water partition coefficient (Wildman–Crippen LogP) is 5.68. The summed E-state index contributed by atoms with van der Waals surface area (Å²) in [5, 5.41) is 0. The van der Waals surface area contributed by atoms with Crippen molar-refractivity contribution in [1.29, 1.82) is 0 Å². The number of hydrogen-bond acceptors (Lipinski definition) is 1. The van der Waals surface area contributed by atoms with E-state index in [2.05, 4.69) is 26.7 Å². The van der Waals surface area contributed by atoms with Gasteiger partial charge in [0.1, 0.15) is 6.61 Å². The molecule has 4 aliphatic rings. The van der Waals surface area contributed by atoms with Crippen molar-refractivity contribution in [2.45, 2.75) is 84.7 Å². The molecule has 4 rings (SSSR count). The average Bonchev–Trinajstić information content (AvgIpc) is 2.90. The van der Waals surface area contributed by atoms with Crippen molar-refractivity contribution in [3.05, 3.63) is 0 Å². The zero-order valence-electron chi connectivity index (χ0n) is 16.0. The van der Waals surface area contributed by atoms with Gasteiger partial charge in [-0.05, 0) is 91.8 Å². The lowest BCUT2D eigenvalue weighted by atomic mass is 9.44. The van der Waals surface area contributed by atoms with Crippen LogP contribution >= 0.6 is 0 Å². The molecule has 4 aliphatic carbocycles. The highest BCUT2D eigenvalue weighted by molar-refractivity contribution is 5.09. The molecule has 0 aromatic rings. The molecular weight excluding hydrogens is 292 g/mol. The van der Waals surface area contributed by atoms with Gasteiger partial charge in [-0.1, -0.05) is 33.1 Å². The molecule has 134 valence electrons. The van der Waals surface area contributed by atoms with Gasteiger partial charge in [0.2, 0.25) is 0 Å². The fourth-order valence-electron chi connectivity index (χ4n) is 7.85. The van der Waals surface area contributed by atoms with Crippen molar-refractivity contribution in [3.63, 3.8) is 0 Å². The maximum atomic E-state index is 6.11. The first-order chi connectivity index (χ1) is 11.5. The summed E-state index contributed by atoms with van der Waals surface area (Å²) in [5.74, 6) is 7.47. The molecule has 0 radical (unpaired) electrons. The summed E-state index contributed by atoms with van der Waals surface area (Å²) in [4.78, 5) is 0. The van der Waals surface area contributed by atoms with Crippen LogP contribution < -0.4 is 0 Å². The van der Waals surface area contributed by atoms with Crippen LogP contribution in [0, 0.1) is 52.8 Å². The fourth-order valence-corrected chi connectivity index (χ4v) is 7.85. The summed E-state index contributed by atoms with van der Waals surface area (Å²) in [6, 6.07) is 0. The molecule has 0 spiro atoms. The lowest BCUT2D eigenvalue weighted by Gasteiger charge is -2.61. The molecule has 4 saturated carbocycles. The fraction of sp³-hybridized carbons (Fsp3) is 0.913. The van der Waals surface area contributed by atoms with E-state index >= 15 is 0 Å². The quantitative estimate of drug-likeness (QED) is 0.592. The highest BCUT2D eigenvalue weighted by atomic mass is 16.5. The van der Waals surface area contributed by atoms with Crippen LogP contribution in [0.25, 0.3) is 0 Å². The van der Waals surface area contributed by atoms with E-state index in [4.69, 9.17) is 11.2 Å². The minimum absolute atomic E-state index is 0.392. The number of rotatable bonds is 2. The summed E-state index contributed by atoms with van der Waals surface area (Å²) in [7, 11) is 0. The second-order valence-electron chi connectivity index (χ2n) is 10.2. The molecule has 0 aromatic heterocycles. The van der Waals surface area contributed by atoms with Crippen molar-refractivity contribution in [1.82, 2.24) is 0 Å². The monoisotopic (exact) mass is 328 g/mol. The Balaban J connectivity index is 1.55. The highest BCUT2D eigenvalue weighted by Crippen LogP contribution is 2.66. The van der Waals surface area contributed by atoms with Gasteiger partial charge < -0.3 is 4.74 Å². The normalized spacial score (nSPS) is 53.6. The Hall–Kier alpha value is -0.480. The smallest absolute Gasteiger partial charge is 0.107 e. The predicted molar refractivity (Wildman–Crippen MR) is 99.5 cm³/mol. The first kappa shape index (κ1) is 17.0. The van der Waals surface area contributed by atoms with Crippen LogP contribution in [-0.2, 0) is 4.74 Å². The van der Waals surface area contributed by atoms with Gasteiger partial charge in [0.05, 0.1) is 6.10 Å². The molecule has 1 nitrogen and oxygen atoms in total. The van der Waals surface area contributed by atoms with Crippen LogP contribution in [0.2, 0.25) is 0 Å². The lowest BCUT2D eigenvalue weighted by molar-refractivity contribution is -0.132. The first-order valence-electron chi connectivity index (χ1n) is 10.5. The van der Waals surface area contributed by atoms with E-state index < -0.39 is 0 Å². The molecule has 0 aromatic carbocycles. The third kappa shape index (κ3) is 2.39. The molecular formula is C23H36O. The topological polar surface area (TPSA) is 9.23 Å². The first-order valence-corrected chi connectivity index (χ1v) is 10.5. The van der Waals surface area contributed by atoms with Gasteiger partial charge in [-0.15, -0.1) is 6.42 Å². The van der Waals surface area contributed by atoms with Gasteiger partial charge in [0.15, 0.2) is 0 Å². The number of hydrogen-bond donors (Lipinski definition) is 0. The van der Waals surface area contributed by atoms with Crippen LogP contribution in [0.15, 0.2) is 0 Å². The molecule has 4 fully saturated rings. The number of fused-ring (bicyclic) bond motifs is 5. The molecule has 0 saturated heterocycles. The third-order valence-corrected chi connectivity index (χ3v) is 9.21. The lowest BCUT2D eigenvalue weighted by Crippen LogP contribution is -2.54. The van der Waals surface area contributed by atoms with Crippen LogP contribution in [0.5, 0.6) is 0 Å². The number of ether oxygens (including phenoxy) is 1. The molecule has 0 heterocycles. The minimum atomic E-state index is 0.392. The Kier molecular flexibility index (Phi) is 4.28.